The van der Waals surface area contributed by atoms with Gasteiger partial charge in [-0.3, -0.25) is 0 Å². The topological polar surface area (TPSA) is 51.6 Å². The van der Waals surface area contributed by atoms with Gasteiger partial charge in [0, 0.05) is 24.8 Å². The Kier molecular flexibility index (Phi) is 9.05. The maximum Gasteiger partial charge on any atom is 2.00 e. The van der Waals surface area contributed by atoms with E-state index in [9.17, 15) is 0 Å². The molecule has 0 radical (unpaired) electrons. The van der Waals surface area contributed by atoms with Crippen LogP contribution in [-0.4, -0.2) is 26.1 Å². The molecule has 5 atom stereocenters. The summed E-state index contributed by atoms with van der Waals surface area (Å²) in [5.74, 6) is 4.77. The smallest absolute Gasteiger partial charge is 0.240 e. The van der Waals surface area contributed by atoms with E-state index in [1.54, 1.807) is 0 Å². The maximum absolute atomic E-state index is 4.79. The van der Waals surface area contributed by atoms with Gasteiger partial charge in [-0.1, -0.05) is 39.0 Å². The number of aromatic nitrogens is 4. The summed E-state index contributed by atoms with van der Waals surface area (Å²) >= 11 is 0. The standard InChI is InChI=1S/C29H37N4P2.C5H5.Fe/c1-27(2,3)21-13-22(28-15-18-10-19(16-28)12-20(11-18)24(28)17-34)23(14-21)29(35,25-30-6-4-7-31-25)26-32-8-5-9-33-26;1-2-4-5-3-1;/h4-9,13-14,18-20,24H,10-12,15-17,34-35H2,1-3H3;1-5H;/q2*-1;+2. The van der Waals surface area contributed by atoms with Crippen LogP contribution in [0.25, 0.3) is 0 Å². The molecule has 8 rings (SSSR count). The molecule has 5 unspecified atom stereocenters. The Morgan fingerprint density at radius 2 is 1.39 bits per heavy atom. The normalized spacial score (nSPS) is 26.7. The molecular formula is C34H42FeN4P2. The van der Waals surface area contributed by atoms with Gasteiger partial charge in [0.1, 0.15) is 16.8 Å². The van der Waals surface area contributed by atoms with Crippen LogP contribution in [0.5, 0.6) is 0 Å². The zero-order valence-electron chi connectivity index (χ0n) is 24.4. The van der Waals surface area contributed by atoms with Gasteiger partial charge in [0.2, 0.25) is 0 Å². The largest absolute Gasteiger partial charge is 2.00 e. The van der Waals surface area contributed by atoms with Gasteiger partial charge in [-0.15, -0.1) is 24.0 Å². The van der Waals surface area contributed by atoms with Crippen LogP contribution in [0.1, 0.15) is 81.2 Å². The van der Waals surface area contributed by atoms with Crippen LogP contribution in [0.2, 0.25) is 0 Å². The van der Waals surface area contributed by atoms with Crippen molar-refractivity contribution in [2.24, 2.45) is 23.7 Å². The zero-order valence-corrected chi connectivity index (χ0v) is 27.8. The van der Waals surface area contributed by atoms with Crippen LogP contribution in [-0.2, 0) is 33.1 Å². The van der Waals surface area contributed by atoms with Crippen LogP contribution in [0.4, 0.5) is 0 Å². The minimum atomic E-state index is -0.698. The van der Waals surface area contributed by atoms with Crippen molar-refractivity contribution in [1.82, 2.24) is 19.9 Å². The Balaban J connectivity index is 0.000000510. The first-order chi connectivity index (χ1) is 19.3. The van der Waals surface area contributed by atoms with Gasteiger partial charge in [0.05, 0.1) is 0 Å². The minimum absolute atomic E-state index is 0. The van der Waals surface area contributed by atoms with Crippen LogP contribution >= 0.6 is 18.5 Å². The average molecular weight is 625 g/mol. The zero-order chi connectivity index (χ0) is 28.0. The van der Waals surface area contributed by atoms with Crippen molar-refractivity contribution in [2.75, 3.05) is 6.16 Å². The van der Waals surface area contributed by atoms with Gasteiger partial charge < -0.3 is 0 Å². The van der Waals surface area contributed by atoms with Crippen LogP contribution in [0.3, 0.4) is 0 Å². The average Bonchev–Trinajstić information content (AvgIpc) is 3.68. The fraction of sp³-hybridized carbons (Fsp3) is 0.471. The van der Waals surface area contributed by atoms with Crippen molar-refractivity contribution in [3.05, 3.63) is 108 Å². The summed E-state index contributed by atoms with van der Waals surface area (Å²) in [6, 6.07) is 18.8. The molecule has 41 heavy (non-hydrogen) atoms. The first-order valence-electron chi connectivity index (χ1n) is 14.8. The van der Waals surface area contributed by atoms with Crippen molar-refractivity contribution in [3.8, 4) is 0 Å². The Labute approximate surface area is 261 Å². The molecule has 2 heterocycles. The summed E-state index contributed by atoms with van der Waals surface area (Å²) < 4.78 is 0. The first kappa shape index (κ1) is 30.7. The summed E-state index contributed by atoms with van der Waals surface area (Å²) in [5, 5.41) is -0.698. The molecule has 0 spiro atoms. The molecule has 4 aromatic rings. The number of rotatable bonds is 5. The third-order valence-corrected chi connectivity index (χ3v) is 11.2. The molecule has 4 aliphatic carbocycles. The van der Waals surface area contributed by atoms with E-state index >= 15 is 0 Å². The first-order valence-corrected chi connectivity index (χ1v) is 16.2. The maximum atomic E-state index is 4.79. The SMILES string of the molecule is CC(C)(C)c1cc(C23CC4CC(CC(C4)C2CP)C3)c(C(P)(c2ncccn2)c2ncccn2)[cH-]1.[Fe+2].c1cc[cH-]c1. The second-order valence-electron chi connectivity index (χ2n) is 13.3. The van der Waals surface area contributed by atoms with E-state index in [1.165, 1.54) is 55.0 Å². The van der Waals surface area contributed by atoms with Gasteiger partial charge in [-0.25, -0.2) is 38.1 Å². The quantitative estimate of drug-likeness (QED) is 0.132. The summed E-state index contributed by atoms with van der Waals surface area (Å²) in [7, 11) is 6.24. The van der Waals surface area contributed by atoms with E-state index in [0.717, 1.165) is 29.4 Å². The van der Waals surface area contributed by atoms with Crippen molar-refractivity contribution >= 4 is 18.5 Å². The van der Waals surface area contributed by atoms with Crippen LogP contribution < -0.4 is 0 Å². The molecule has 0 N–H and O–H groups in total. The van der Waals surface area contributed by atoms with E-state index < -0.39 is 5.16 Å². The fourth-order valence-corrected chi connectivity index (χ4v) is 9.70. The van der Waals surface area contributed by atoms with Crippen molar-refractivity contribution in [1.29, 1.82) is 0 Å². The number of hydrogen-bond donors (Lipinski definition) is 0. The van der Waals surface area contributed by atoms with E-state index in [1.807, 2.05) is 67.3 Å². The molecule has 0 saturated heterocycles. The number of nitrogens with zero attached hydrogens (tertiary/aromatic N) is 4. The van der Waals surface area contributed by atoms with Gasteiger partial charge >= 0.3 is 17.1 Å². The van der Waals surface area contributed by atoms with Crippen molar-refractivity contribution in [2.45, 2.75) is 68.9 Å². The van der Waals surface area contributed by atoms with E-state index in [-0.39, 0.29) is 27.9 Å². The Bertz CT molecular complexity index is 1330. The van der Waals surface area contributed by atoms with Gasteiger partial charge in [-0.2, -0.15) is 35.4 Å². The molecular weight excluding hydrogens is 582 g/mol. The predicted molar refractivity (Wildman–Crippen MR) is 170 cm³/mol. The molecule has 4 fully saturated rings. The summed E-state index contributed by atoms with van der Waals surface area (Å²) in [5.41, 5.74) is 4.45. The third-order valence-electron chi connectivity index (χ3n) is 9.89. The molecule has 0 amide bonds. The monoisotopic (exact) mass is 624 g/mol. The summed E-state index contributed by atoms with van der Waals surface area (Å²) in [6.07, 6.45) is 15.4. The van der Waals surface area contributed by atoms with E-state index in [0.29, 0.717) is 5.92 Å². The van der Waals surface area contributed by atoms with Crippen molar-refractivity contribution < 1.29 is 17.1 Å². The van der Waals surface area contributed by atoms with Crippen LogP contribution in [0, 0.1) is 23.7 Å². The predicted octanol–water partition coefficient (Wildman–Crippen LogP) is 7.42. The molecule has 7 heteroatoms. The number of hydrogen-bond acceptors (Lipinski definition) is 4. The third kappa shape index (κ3) is 5.54. The molecule has 4 bridgehead atoms. The minimum Gasteiger partial charge on any atom is -0.240 e. The molecule has 4 aliphatic rings. The molecule has 4 nitrogen and oxygen atoms in total. The second kappa shape index (κ2) is 12.1. The van der Waals surface area contributed by atoms with Gasteiger partial charge in [0.25, 0.3) is 0 Å². The molecule has 0 aliphatic heterocycles. The molecule has 2 aromatic carbocycles. The summed E-state index contributed by atoms with van der Waals surface area (Å²) in [6.45, 7) is 6.97. The Hall–Kier alpha value is -1.76. The summed E-state index contributed by atoms with van der Waals surface area (Å²) in [4.78, 5) is 19.1. The van der Waals surface area contributed by atoms with Crippen LogP contribution in [0.15, 0.2) is 79.4 Å². The second-order valence-corrected chi connectivity index (χ2v) is 14.7. The van der Waals surface area contributed by atoms with Crippen molar-refractivity contribution in [3.63, 3.8) is 0 Å². The molecule has 4 saturated carbocycles. The van der Waals surface area contributed by atoms with E-state index in [2.05, 4.69) is 51.4 Å². The molecule has 2 aromatic heterocycles. The Morgan fingerprint density at radius 3 is 1.83 bits per heavy atom. The fourth-order valence-electron chi connectivity index (χ4n) is 8.33. The van der Waals surface area contributed by atoms with Gasteiger partial charge in [0.15, 0.2) is 0 Å². The van der Waals surface area contributed by atoms with E-state index in [4.69, 9.17) is 19.9 Å². The Morgan fingerprint density at radius 1 is 0.854 bits per heavy atom. The van der Waals surface area contributed by atoms with Gasteiger partial charge in [-0.05, 0) is 66.6 Å². The molecule has 216 valence electrons.